The first-order valence-electron chi connectivity index (χ1n) is 5.32. The minimum Gasteiger partial charge on any atom is -0.409 e. The van der Waals surface area contributed by atoms with Crippen molar-refractivity contribution < 1.29 is 9.94 Å². The van der Waals surface area contributed by atoms with Crippen molar-refractivity contribution in [3.63, 3.8) is 0 Å². The van der Waals surface area contributed by atoms with E-state index in [9.17, 15) is 0 Å². The van der Waals surface area contributed by atoms with Gasteiger partial charge in [-0.2, -0.15) is 0 Å². The topological polar surface area (TPSA) is 72.8 Å². The van der Waals surface area contributed by atoms with Gasteiger partial charge in [0.15, 0.2) is 5.84 Å². The highest BCUT2D eigenvalue weighted by Gasteiger charge is 2.08. The fourth-order valence-corrected chi connectivity index (χ4v) is 1.89. The molecule has 1 aromatic heterocycles. The van der Waals surface area contributed by atoms with E-state index in [1.54, 1.807) is 7.11 Å². The van der Waals surface area contributed by atoms with E-state index in [1.165, 1.54) is 0 Å². The molecule has 0 aliphatic carbocycles. The Hall–Kier alpha value is -2.01. The summed E-state index contributed by atoms with van der Waals surface area (Å²) in [4.78, 5) is 0. The van der Waals surface area contributed by atoms with Crippen molar-refractivity contribution in [2.24, 2.45) is 10.9 Å². The van der Waals surface area contributed by atoms with Crippen LogP contribution < -0.4 is 5.73 Å². The fourth-order valence-electron chi connectivity index (χ4n) is 1.89. The SMILES string of the molecule is COCCn1ccc2c(/C(N)=N/O)cccc21. The quantitative estimate of drug-likeness (QED) is 0.362. The molecule has 17 heavy (non-hydrogen) atoms. The molecule has 2 rings (SSSR count). The molecule has 1 aromatic carbocycles. The highest BCUT2D eigenvalue weighted by atomic mass is 16.5. The van der Waals surface area contributed by atoms with Crippen molar-refractivity contribution in [3.8, 4) is 0 Å². The van der Waals surface area contributed by atoms with Crippen LogP contribution in [-0.2, 0) is 11.3 Å². The van der Waals surface area contributed by atoms with E-state index in [0.717, 1.165) is 23.0 Å². The van der Waals surface area contributed by atoms with Crippen LogP contribution in [0.2, 0.25) is 0 Å². The van der Waals surface area contributed by atoms with Crippen LogP contribution in [0.4, 0.5) is 0 Å². The van der Waals surface area contributed by atoms with Gasteiger partial charge in [-0.3, -0.25) is 0 Å². The molecule has 0 unspecified atom stereocenters. The number of amidine groups is 1. The average molecular weight is 233 g/mol. The molecule has 1 heterocycles. The van der Waals surface area contributed by atoms with Gasteiger partial charge in [0.25, 0.3) is 0 Å². The van der Waals surface area contributed by atoms with Crippen molar-refractivity contribution in [1.82, 2.24) is 4.57 Å². The Labute approximate surface area is 99.1 Å². The molecule has 5 nitrogen and oxygen atoms in total. The maximum absolute atomic E-state index is 8.73. The van der Waals surface area contributed by atoms with Gasteiger partial charge in [0, 0.05) is 36.3 Å². The maximum Gasteiger partial charge on any atom is 0.170 e. The zero-order chi connectivity index (χ0) is 12.3. The first kappa shape index (κ1) is 11.5. The highest BCUT2D eigenvalue weighted by Crippen LogP contribution is 2.20. The van der Waals surface area contributed by atoms with Gasteiger partial charge < -0.3 is 20.2 Å². The number of hydrogen-bond acceptors (Lipinski definition) is 3. The lowest BCUT2D eigenvalue weighted by Gasteiger charge is -2.05. The summed E-state index contributed by atoms with van der Waals surface area (Å²) in [7, 11) is 1.67. The second-order valence-electron chi connectivity index (χ2n) is 3.73. The van der Waals surface area contributed by atoms with E-state index < -0.39 is 0 Å². The van der Waals surface area contributed by atoms with Gasteiger partial charge in [0.05, 0.1) is 6.61 Å². The number of fused-ring (bicyclic) bond motifs is 1. The summed E-state index contributed by atoms with van der Waals surface area (Å²) in [6.07, 6.45) is 1.97. The van der Waals surface area contributed by atoms with Crippen LogP contribution in [0.15, 0.2) is 35.6 Å². The van der Waals surface area contributed by atoms with Crippen LogP contribution >= 0.6 is 0 Å². The molecule has 0 aliphatic rings. The Morgan fingerprint density at radius 3 is 3.00 bits per heavy atom. The zero-order valence-electron chi connectivity index (χ0n) is 9.63. The second kappa shape index (κ2) is 4.88. The minimum atomic E-state index is 0.125. The number of nitrogens with zero attached hydrogens (tertiary/aromatic N) is 2. The van der Waals surface area contributed by atoms with Gasteiger partial charge in [-0.15, -0.1) is 0 Å². The smallest absolute Gasteiger partial charge is 0.170 e. The minimum absolute atomic E-state index is 0.125. The Morgan fingerprint density at radius 1 is 1.47 bits per heavy atom. The van der Waals surface area contributed by atoms with E-state index in [0.29, 0.717) is 6.61 Å². The van der Waals surface area contributed by atoms with Crippen LogP contribution in [0.25, 0.3) is 10.9 Å². The van der Waals surface area contributed by atoms with Crippen LogP contribution in [-0.4, -0.2) is 29.3 Å². The maximum atomic E-state index is 8.73. The van der Waals surface area contributed by atoms with Crippen molar-refractivity contribution in [2.45, 2.75) is 6.54 Å². The number of methoxy groups -OCH3 is 1. The molecule has 0 fully saturated rings. The number of ether oxygens (including phenoxy) is 1. The molecule has 0 saturated carbocycles. The van der Waals surface area contributed by atoms with E-state index in [1.807, 2.05) is 30.5 Å². The third kappa shape index (κ3) is 2.09. The number of oxime groups is 1. The van der Waals surface area contributed by atoms with Crippen molar-refractivity contribution in [3.05, 3.63) is 36.0 Å². The summed E-state index contributed by atoms with van der Waals surface area (Å²) < 4.78 is 7.13. The van der Waals surface area contributed by atoms with E-state index in [2.05, 4.69) is 9.72 Å². The van der Waals surface area contributed by atoms with Crippen molar-refractivity contribution in [1.29, 1.82) is 0 Å². The van der Waals surface area contributed by atoms with Gasteiger partial charge in [0.2, 0.25) is 0 Å². The molecular weight excluding hydrogens is 218 g/mol. The van der Waals surface area contributed by atoms with Crippen LogP contribution in [0.3, 0.4) is 0 Å². The van der Waals surface area contributed by atoms with E-state index in [4.69, 9.17) is 15.7 Å². The molecule has 0 radical (unpaired) electrons. The number of rotatable bonds is 4. The summed E-state index contributed by atoms with van der Waals surface area (Å²) in [6, 6.07) is 7.68. The predicted molar refractivity (Wildman–Crippen MR) is 66.3 cm³/mol. The molecule has 0 spiro atoms. The monoisotopic (exact) mass is 233 g/mol. The largest absolute Gasteiger partial charge is 0.409 e. The number of nitrogens with two attached hydrogens (primary N) is 1. The molecule has 2 aromatic rings. The molecule has 3 N–H and O–H groups in total. The summed E-state index contributed by atoms with van der Waals surface area (Å²) in [5.41, 5.74) is 7.42. The molecule has 0 saturated heterocycles. The third-order valence-corrected chi connectivity index (χ3v) is 2.73. The van der Waals surface area contributed by atoms with Crippen molar-refractivity contribution >= 4 is 16.7 Å². The molecular formula is C12H15N3O2. The van der Waals surface area contributed by atoms with Crippen molar-refractivity contribution in [2.75, 3.05) is 13.7 Å². The summed E-state index contributed by atoms with van der Waals surface area (Å²) in [5, 5.41) is 12.7. The normalized spacial score (nSPS) is 12.2. The lowest BCUT2D eigenvalue weighted by atomic mass is 10.1. The Balaban J connectivity index is 2.49. The molecule has 0 amide bonds. The van der Waals surface area contributed by atoms with Gasteiger partial charge in [0.1, 0.15) is 0 Å². The summed E-state index contributed by atoms with van der Waals surface area (Å²) >= 11 is 0. The first-order valence-corrected chi connectivity index (χ1v) is 5.32. The zero-order valence-corrected chi connectivity index (χ0v) is 9.63. The molecule has 5 heteroatoms. The first-order chi connectivity index (χ1) is 8.27. The number of aromatic nitrogens is 1. The average Bonchev–Trinajstić information content (AvgIpc) is 2.78. The lowest BCUT2D eigenvalue weighted by molar-refractivity contribution is 0.188. The molecule has 0 bridgehead atoms. The van der Waals surface area contributed by atoms with Crippen LogP contribution in [0.1, 0.15) is 5.56 Å². The fraction of sp³-hybridized carbons (Fsp3) is 0.250. The third-order valence-electron chi connectivity index (χ3n) is 2.73. The predicted octanol–water partition coefficient (Wildman–Crippen LogP) is 1.38. The van der Waals surface area contributed by atoms with Gasteiger partial charge in [-0.05, 0) is 12.1 Å². The van der Waals surface area contributed by atoms with Crippen LogP contribution in [0.5, 0.6) is 0 Å². The number of hydrogen-bond donors (Lipinski definition) is 2. The Morgan fingerprint density at radius 2 is 2.29 bits per heavy atom. The molecule has 90 valence electrons. The lowest BCUT2D eigenvalue weighted by Crippen LogP contribution is -2.13. The molecule has 0 atom stereocenters. The summed E-state index contributed by atoms with van der Waals surface area (Å²) in [6.45, 7) is 1.43. The van der Waals surface area contributed by atoms with Gasteiger partial charge >= 0.3 is 0 Å². The van der Waals surface area contributed by atoms with Crippen LogP contribution in [0, 0.1) is 0 Å². The van der Waals surface area contributed by atoms with E-state index >= 15 is 0 Å². The summed E-state index contributed by atoms with van der Waals surface area (Å²) in [5.74, 6) is 0.125. The second-order valence-corrected chi connectivity index (χ2v) is 3.73. The Bertz CT molecular complexity index is 546. The Kier molecular flexibility index (Phi) is 3.30. The van der Waals surface area contributed by atoms with E-state index in [-0.39, 0.29) is 5.84 Å². The van der Waals surface area contributed by atoms with Gasteiger partial charge in [-0.25, -0.2) is 0 Å². The number of benzene rings is 1. The highest BCUT2D eigenvalue weighted by molar-refractivity contribution is 6.08. The molecule has 0 aliphatic heterocycles. The standard InChI is InChI=1S/C12H15N3O2/c1-17-8-7-15-6-5-9-10(12(13)14-16)3-2-4-11(9)15/h2-6,16H,7-8H2,1H3,(H2,13,14). The van der Waals surface area contributed by atoms with Gasteiger partial charge in [-0.1, -0.05) is 17.3 Å².